The van der Waals surface area contributed by atoms with E-state index in [0.29, 0.717) is 16.5 Å². The predicted molar refractivity (Wildman–Crippen MR) is 112 cm³/mol. The summed E-state index contributed by atoms with van der Waals surface area (Å²) < 4.78 is 5.98. The van der Waals surface area contributed by atoms with Crippen LogP contribution >= 0.6 is 11.6 Å². The van der Waals surface area contributed by atoms with Gasteiger partial charge in [-0.2, -0.15) is 0 Å². The molecule has 1 aromatic rings. The van der Waals surface area contributed by atoms with E-state index in [4.69, 9.17) is 16.3 Å². The lowest BCUT2D eigenvalue weighted by Crippen LogP contribution is -2.03. The molecule has 1 atom stereocenters. The minimum absolute atomic E-state index is 0.433. The van der Waals surface area contributed by atoms with Crippen molar-refractivity contribution in [3.63, 3.8) is 0 Å². The summed E-state index contributed by atoms with van der Waals surface area (Å²) in [5, 5.41) is 0.557. The van der Waals surface area contributed by atoms with Crippen LogP contribution < -0.4 is 0 Å². The molecular weight excluding hydrogens is 342 g/mol. The van der Waals surface area contributed by atoms with Crippen LogP contribution in [0.4, 0.5) is 0 Å². The minimum Gasteiger partial charge on any atom is -0.498 e. The third-order valence-electron chi connectivity index (χ3n) is 5.13. The van der Waals surface area contributed by atoms with Crippen molar-refractivity contribution in [2.75, 3.05) is 6.61 Å². The second-order valence-corrected chi connectivity index (χ2v) is 9.21. The highest BCUT2D eigenvalue weighted by molar-refractivity contribution is 6.29. The Kier molecular flexibility index (Phi) is 8.98. The van der Waals surface area contributed by atoms with E-state index >= 15 is 0 Å². The number of allylic oxidation sites excluding steroid dienone is 2. The summed E-state index contributed by atoms with van der Waals surface area (Å²) in [4.78, 5) is 4.18. The number of unbranched alkanes of at least 4 members (excludes halogenated alkanes) is 6. The lowest BCUT2D eigenvalue weighted by molar-refractivity contribution is 0.199. The minimum atomic E-state index is 0.433. The number of hydrogen-bond acceptors (Lipinski definition) is 2. The van der Waals surface area contributed by atoms with Gasteiger partial charge in [-0.1, -0.05) is 77.0 Å². The normalized spacial score (nSPS) is 17.4. The molecule has 0 saturated heterocycles. The summed E-state index contributed by atoms with van der Waals surface area (Å²) in [6.45, 7) is 7.87. The largest absolute Gasteiger partial charge is 0.498 e. The van der Waals surface area contributed by atoms with E-state index in [2.05, 4.69) is 37.9 Å². The Morgan fingerprint density at radius 1 is 1.04 bits per heavy atom. The van der Waals surface area contributed by atoms with Crippen molar-refractivity contribution in [3.05, 3.63) is 40.9 Å². The zero-order chi connectivity index (χ0) is 18.8. The Morgan fingerprint density at radius 2 is 1.73 bits per heavy atom. The first-order valence-electron chi connectivity index (χ1n) is 10.4. The molecule has 0 fully saturated rings. The predicted octanol–water partition coefficient (Wildman–Crippen LogP) is 7.68. The van der Waals surface area contributed by atoms with Crippen molar-refractivity contribution >= 4 is 11.6 Å². The van der Waals surface area contributed by atoms with Crippen LogP contribution in [-0.4, -0.2) is 11.6 Å². The number of hydrogen-bond donors (Lipinski definition) is 0. The molecule has 3 heteroatoms. The van der Waals surface area contributed by atoms with Gasteiger partial charge in [-0.05, 0) is 42.4 Å². The summed E-state index contributed by atoms with van der Waals surface area (Å²) in [6, 6.07) is 3.94. The van der Waals surface area contributed by atoms with Crippen LogP contribution in [0, 0.1) is 5.41 Å². The van der Waals surface area contributed by atoms with Crippen LogP contribution in [0.2, 0.25) is 5.15 Å². The molecule has 2 rings (SSSR count). The third-order valence-corrected chi connectivity index (χ3v) is 5.35. The lowest BCUT2D eigenvalue weighted by atomic mass is 9.89. The first-order chi connectivity index (χ1) is 12.4. The molecule has 0 bridgehead atoms. The van der Waals surface area contributed by atoms with E-state index in [1.807, 2.05) is 12.3 Å². The van der Waals surface area contributed by atoms with E-state index in [-0.39, 0.29) is 0 Å². The highest BCUT2D eigenvalue weighted by Crippen LogP contribution is 2.33. The quantitative estimate of drug-likeness (QED) is 0.291. The summed E-state index contributed by atoms with van der Waals surface area (Å²) >= 11 is 5.86. The molecule has 26 heavy (non-hydrogen) atoms. The number of nitrogens with zero attached hydrogens (tertiary/aromatic N) is 1. The molecule has 0 aromatic carbocycles. The van der Waals surface area contributed by atoms with Gasteiger partial charge in [-0.3, -0.25) is 0 Å². The van der Waals surface area contributed by atoms with Gasteiger partial charge in [-0.15, -0.1) is 0 Å². The maximum absolute atomic E-state index is 5.98. The summed E-state index contributed by atoms with van der Waals surface area (Å²) in [7, 11) is 0. The Balaban J connectivity index is 1.49. The highest BCUT2D eigenvalue weighted by atomic mass is 35.5. The van der Waals surface area contributed by atoms with E-state index in [1.165, 1.54) is 56.9 Å². The van der Waals surface area contributed by atoms with E-state index in [1.54, 1.807) is 0 Å². The fourth-order valence-electron chi connectivity index (χ4n) is 3.52. The van der Waals surface area contributed by atoms with Crippen molar-refractivity contribution in [1.82, 2.24) is 4.98 Å². The SMILES string of the molecule is CC(C)(C)CCCCCCCCCOC1=CC(c2ccc(Cl)nc2)CC1. The number of halogens is 1. The van der Waals surface area contributed by atoms with E-state index < -0.39 is 0 Å². The number of ether oxygens (including phenoxy) is 1. The van der Waals surface area contributed by atoms with Gasteiger partial charge in [0.25, 0.3) is 0 Å². The molecule has 1 heterocycles. The van der Waals surface area contributed by atoms with Crippen molar-refractivity contribution in [2.24, 2.45) is 5.41 Å². The standard InChI is InChI=1S/C23H36ClNO/c1-23(2,3)15-9-7-5-4-6-8-10-16-26-21-13-11-19(17-21)20-12-14-22(24)25-18-20/h12,14,17-19H,4-11,13,15-16H2,1-3H3. The van der Waals surface area contributed by atoms with Gasteiger partial charge in [-0.25, -0.2) is 4.98 Å². The zero-order valence-corrected chi connectivity index (χ0v) is 17.7. The van der Waals surface area contributed by atoms with Gasteiger partial charge in [0.15, 0.2) is 0 Å². The van der Waals surface area contributed by atoms with Crippen molar-refractivity contribution in [2.45, 2.75) is 90.9 Å². The Hall–Kier alpha value is -1.02. The molecular formula is C23H36ClNO. The van der Waals surface area contributed by atoms with Crippen LogP contribution in [0.25, 0.3) is 0 Å². The van der Waals surface area contributed by atoms with Gasteiger partial charge in [0.05, 0.1) is 12.4 Å². The average Bonchev–Trinajstić information content (AvgIpc) is 3.05. The molecule has 0 aliphatic heterocycles. The molecule has 0 spiro atoms. The van der Waals surface area contributed by atoms with E-state index in [9.17, 15) is 0 Å². The summed E-state index contributed by atoms with van der Waals surface area (Å²) in [5.74, 6) is 1.59. The molecule has 1 aliphatic rings. The number of pyridine rings is 1. The molecule has 0 amide bonds. The van der Waals surface area contributed by atoms with Crippen molar-refractivity contribution in [3.8, 4) is 0 Å². The van der Waals surface area contributed by atoms with Crippen LogP contribution in [0.1, 0.15) is 96.5 Å². The highest BCUT2D eigenvalue weighted by Gasteiger charge is 2.18. The Bertz CT molecular complexity index is 544. The Labute approximate surface area is 165 Å². The van der Waals surface area contributed by atoms with Crippen molar-refractivity contribution in [1.29, 1.82) is 0 Å². The average molecular weight is 378 g/mol. The molecule has 0 N–H and O–H groups in total. The van der Waals surface area contributed by atoms with Crippen LogP contribution in [0.5, 0.6) is 0 Å². The monoisotopic (exact) mass is 377 g/mol. The summed E-state index contributed by atoms with van der Waals surface area (Å²) in [6.07, 6.45) is 17.0. The fourth-order valence-corrected chi connectivity index (χ4v) is 3.63. The number of rotatable bonds is 11. The first-order valence-corrected chi connectivity index (χ1v) is 10.8. The maximum Gasteiger partial charge on any atom is 0.129 e. The van der Waals surface area contributed by atoms with Gasteiger partial charge in [0.2, 0.25) is 0 Å². The topological polar surface area (TPSA) is 22.1 Å². The molecule has 1 aliphatic carbocycles. The van der Waals surface area contributed by atoms with Crippen LogP contribution in [-0.2, 0) is 4.74 Å². The molecule has 2 nitrogen and oxygen atoms in total. The lowest BCUT2D eigenvalue weighted by Gasteiger charge is -2.17. The van der Waals surface area contributed by atoms with Crippen LogP contribution in [0.15, 0.2) is 30.2 Å². The van der Waals surface area contributed by atoms with Gasteiger partial charge < -0.3 is 4.74 Å². The van der Waals surface area contributed by atoms with Gasteiger partial charge in [0, 0.05) is 18.5 Å². The second kappa shape index (κ2) is 11.0. The third kappa shape index (κ3) is 8.58. The molecule has 0 radical (unpaired) electrons. The zero-order valence-electron chi connectivity index (χ0n) is 16.9. The smallest absolute Gasteiger partial charge is 0.129 e. The van der Waals surface area contributed by atoms with Gasteiger partial charge >= 0.3 is 0 Å². The van der Waals surface area contributed by atoms with E-state index in [0.717, 1.165) is 25.2 Å². The van der Waals surface area contributed by atoms with Crippen molar-refractivity contribution < 1.29 is 4.74 Å². The first kappa shape index (κ1) is 21.3. The molecule has 0 saturated carbocycles. The molecule has 146 valence electrons. The molecule has 1 aromatic heterocycles. The van der Waals surface area contributed by atoms with Crippen LogP contribution in [0.3, 0.4) is 0 Å². The second-order valence-electron chi connectivity index (χ2n) is 8.83. The number of aromatic nitrogens is 1. The maximum atomic E-state index is 5.98. The van der Waals surface area contributed by atoms with Gasteiger partial charge in [0.1, 0.15) is 5.15 Å². The molecule has 1 unspecified atom stereocenters. The Morgan fingerprint density at radius 3 is 2.38 bits per heavy atom. The summed E-state index contributed by atoms with van der Waals surface area (Å²) in [5.41, 5.74) is 1.73. The fraction of sp³-hybridized carbons (Fsp3) is 0.696.